The molecule has 0 aliphatic carbocycles. The minimum Gasteiger partial charge on any atom is -0.271 e. The van der Waals surface area contributed by atoms with Crippen LogP contribution >= 0.6 is 11.3 Å². The number of fused-ring (bicyclic) bond motifs is 1. The topological polar surface area (TPSA) is 33.6 Å². The van der Waals surface area contributed by atoms with Crippen LogP contribution in [0.2, 0.25) is 0 Å². The Hall–Kier alpha value is -1.81. The summed E-state index contributed by atoms with van der Waals surface area (Å²) in [7, 11) is 0. The Labute approximate surface area is 91.0 Å². The van der Waals surface area contributed by atoms with Crippen molar-refractivity contribution in [2.75, 3.05) is 5.48 Å². The zero-order valence-corrected chi connectivity index (χ0v) is 8.62. The third kappa shape index (κ3) is 1.49. The highest BCUT2D eigenvalue weighted by molar-refractivity contribution is 7.13. The van der Waals surface area contributed by atoms with Crippen LogP contribution < -0.4 is 5.48 Å². The minimum absolute atomic E-state index is 0.949. The third-order valence-electron chi connectivity index (χ3n) is 2.26. The highest BCUT2D eigenvalue weighted by Crippen LogP contribution is 2.28. The highest BCUT2D eigenvalue weighted by atomic mass is 32.1. The van der Waals surface area contributed by atoms with Gasteiger partial charge in [-0.3, -0.25) is 4.94 Å². The van der Waals surface area contributed by atoms with E-state index in [1.165, 1.54) is 10.4 Å². The lowest BCUT2D eigenvalue weighted by molar-refractivity contribution is 0.207. The molecule has 0 radical (unpaired) electrons. The van der Waals surface area contributed by atoms with E-state index in [9.17, 15) is 0 Å². The van der Waals surface area contributed by atoms with Crippen LogP contribution in [0.4, 0.5) is 5.69 Å². The first-order valence-corrected chi connectivity index (χ1v) is 5.45. The van der Waals surface area contributed by atoms with Crippen molar-refractivity contribution in [1.82, 2.24) is 0 Å². The standard InChI is InChI=1S/C11H8N2OS/c1-2-11(15-5-1)8-3-4-10-9(6-8)7-12-14-13-10/h1-7,13H. The van der Waals surface area contributed by atoms with E-state index in [0.29, 0.717) is 0 Å². The van der Waals surface area contributed by atoms with E-state index in [1.54, 1.807) is 17.6 Å². The monoisotopic (exact) mass is 216 g/mol. The first-order valence-electron chi connectivity index (χ1n) is 4.57. The molecule has 3 nitrogen and oxygen atoms in total. The summed E-state index contributed by atoms with van der Waals surface area (Å²) in [6.07, 6.45) is 1.71. The SMILES string of the molecule is C1=NONc2ccc(-c3cccs3)cc21. The molecule has 0 bridgehead atoms. The van der Waals surface area contributed by atoms with Crippen molar-refractivity contribution in [3.05, 3.63) is 41.3 Å². The Morgan fingerprint density at radius 2 is 2.27 bits per heavy atom. The number of nitrogens with one attached hydrogen (secondary N) is 1. The van der Waals surface area contributed by atoms with Crippen LogP contribution in [0.25, 0.3) is 10.4 Å². The van der Waals surface area contributed by atoms with E-state index in [2.05, 4.69) is 40.3 Å². The molecule has 0 saturated heterocycles. The second-order valence-corrected chi connectivity index (χ2v) is 4.15. The molecule has 2 aromatic rings. The summed E-state index contributed by atoms with van der Waals surface area (Å²) in [5, 5.41) is 5.78. The van der Waals surface area contributed by atoms with Crippen molar-refractivity contribution in [2.24, 2.45) is 5.16 Å². The summed E-state index contributed by atoms with van der Waals surface area (Å²) in [6, 6.07) is 10.3. The number of rotatable bonds is 1. The third-order valence-corrected chi connectivity index (χ3v) is 3.18. The molecule has 2 heterocycles. The average Bonchev–Trinajstić information content (AvgIpc) is 2.82. The molecule has 1 aliphatic rings. The second kappa shape index (κ2) is 3.40. The molecule has 1 N–H and O–H groups in total. The van der Waals surface area contributed by atoms with E-state index in [4.69, 9.17) is 4.94 Å². The molecule has 0 unspecified atom stereocenters. The molecule has 1 aromatic heterocycles. The van der Waals surface area contributed by atoms with Gasteiger partial charge in [0.1, 0.15) is 0 Å². The van der Waals surface area contributed by atoms with Gasteiger partial charge in [0, 0.05) is 10.4 Å². The fourth-order valence-electron chi connectivity index (χ4n) is 1.52. The van der Waals surface area contributed by atoms with Gasteiger partial charge in [-0.2, -0.15) is 5.48 Å². The van der Waals surface area contributed by atoms with Crippen molar-refractivity contribution < 1.29 is 4.94 Å². The maximum atomic E-state index is 4.75. The predicted molar refractivity (Wildman–Crippen MR) is 62.1 cm³/mol. The Bertz CT molecular complexity index is 505. The van der Waals surface area contributed by atoms with Crippen LogP contribution in [0.3, 0.4) is 0 Å². The fourth-order valence-corrected chi connectivity index (χ4v) is 2.24. The van der Waals surface area contributed by atoms with Gasteiger partial charge in [0.05, 0.1) is 11.9 Å². The summed E-state index contributed by atoms with van der Waals surface area (Å²) >= 11 is 1.73. The molecule has 1 aliphatic heterocycles. The molecule has 4 heteroatoms. The molecule has 74 valence electrons. The van der Waals surface area contributed by atoms with Crippen LogP contribution in [-0.2, 0) is 4.94 Å². The van der Waals surface area contributed by atoms with Gasteiger partial charge in [-0.25, -0.2) is 0 Å². The van der Waals surface area contributed by atoms with Gasteiger partial charge in [0.2, 0.25) is 0 Å². The normalized spacial score (nSPS) is 12.8. The number of thiophene rings is 1. The van der Waals surface area contributed by atoms with Gasteiger partial charge < -0.3 is 0 Å². The fraction of sp³-hybridized carbons (Fsp3) is 0. The minimum atomic E-state index is 0.949. The van der Waals surface area contributed by atoms with Crippen LogP contribution in [-0.4, -0.2) is 6.21 Å². The maximum Gasteiger partial charge on any atom is 0.0830 e. The van der Waals surface area contributed by atoms with Crippen LogP contribution in [0.15, 0.2) is 40.9 Å². The van der Waals surface area contributed by atoms with E-state index in [1.807, 2.05) is 6.07 Å². The second-order valence-electron chi connectivity index (χ2n) is 3.21. The molecular formula is C11H8N2OS. The Kier molecular flexibility index (Phi) is 1.93. The van der Waals surface area contributed by atoms with Gasteiger partial charge in [0.25, 0.3) is 0 Å². The van der Waals surface area contributed by atoms with Gasteiger partial charge >= 0.3 is 0 Å². The molecule has 3 rings (SSSR count). The molecule has 0 fully saturated rings. The number of hydrogen-bond acceptors (Lipinski definition) is 4. The molecule has 0 spiro atoms. The van der Waals surface area contributed by atoms with E-state index < -0.39 is 0 Å². The van der Waals surface area contributed by atoms with E-state index >= 15 is 0 Å². The lowest BCUT2D eigenvalue weighted by Crippen LogP contribution is -2.04. The number of hydrogen-bond donors (Lipinski definition) is 1. The molecule has 0 saturated carbocycles. The molecule has 15 heavy (non-hydrogen) atoms. The lowest BCUT2D eigenvalue weighted by atomic mass is 10.1. The van der Waals surface area contributed by atoms with Crippen molar-refractivity contribution in [3.8, 4) is 10.4 Å². The summed E-state index contributed by atoms with van der Waals surface area (Å²) in [5.41, 5.74) is 5.95. The first kappa shape index (κ1) is 8.49. The molecular weight excluding hydrogens is 208 g/mol. The van der Waals surface area contributed by atoms with Gasteiger partial charge in [-0.1, -0.05) is 17.3 Å². The van der Waals surface area contributed by atoms with Crippen molar-refractivity contribution in [3.63, 3.8) is 0 Å². The number of benzene rings is 1. The van der Waals surface area contributed by atoms with Crippen LogP contribution in [0, 0.1) is 0 Å². The van der Waals surface area contributed by atoms with Crippen molar-refractivity contribution >= 4 is 23.2 Å². The van der Waals surface area contributed by atoms with E-state index in [-0.39, 0.29) is 0 Å². The van der Waals surface area contributed by atoms with Gasteiger partial charge in [-0.05, 0) is 29.1 Å². The number of nitrogens with zero attached hydrogens (tertiary/aromatic N) is 1. The Morgan fingerprint density at radius 1 is 1.27 bits per heavy atom. The summed E-state index contributed by atoms with van der Waals surface area (Å²) in [5.74, 6) is 0. The van der Waals surface area contributed by atoms with Crippen LogP contribution in [0.1, 0.15) is 5.56 Å². The first-order chi connectivity index (χ1) is 7.43. The largest absolute Gasteiger partial charge is 0.271 e. The number of anilines is 1. The average molecular weight is 216 g/mol. The molecule has 0 amide bonds. The van der Waals surface area contributed by atoms with E-state index in [0.717, 1.165) is 11.3 Å². The Balaban J connectivity index is 2.10. The zero-order valence-electron chi connectivity index (χ0n) is 7.81. The summed E-state index contributed by atoms with van der Waals surface area (Å²) < 4.78 is 0. The molecule has 1 aromatic carbocycles. The summed E-state index contributed by atoms with van der Waals surface area (Å²) in [6.45, 7) is 0. The van der Waals surface area contributed by atoms with Gasteiger partial charge in [-0.15, -0.1) is 11.3 Å². The number of oxime groups is 1. The lowest BCUT2D eigenvalue weighted by Gasteiger charge is -2.11. The van der Waals surface area contributed by atoms with Crippen molar-refractivity contribution in [2.45, 2.75) is 0 Å². The Morgan fingerprint density at radius 3 is 3.13 bits per heavy atom. The van der Waals surface area contributed by atoms with Gasteiger partial charge in [0.15, 0.2) is 0 Å². The highest BCUT2D eigenvalue weighted by Gasteiger charge is 2.07. The van der Waals surface area contributed by atoms with Crippen molar-refractivity contribution in [1.29, 1.82) is 0 Å². The predicted octanol–water partition coefficient (Wildman–Crippen LogP) is 3.11. The van der Waals surface area contributed by atoms with Crippen LogP contribution in [0.5, 0.6) is 0 Å². The molecule has 0 atom stereocenters. The maximum absolute atomic E-state index is 4.75. The summed E-state index contributed by atoms with van der Waals surface area (Å²) in [4.78, 5) is 6.01. The quantitative estimate of drug-likeness (QED) is 0.794. The zero-order chi connectivity index (χ0) is 10.1. The smallest absolute Gasteiger partial charge is 0.0830 e.